The fraction of sp³-hybridized carbons (Fsp3) is 0.458. The molecular weight excluding hydrogens is 346 g/mol. The number of rotatable bonds is 4. The van der Waals surface area contributed by atoms with E-state index in [1.165, 1.54) is 11.1 Å². The molecule has 0 unspecified atom stereocenters. The first-order valence-corrected chi connectivity index (χ1v) is 10.3. The lowest BCUT2D eigenvalue weighted by Gasteiger charge is -2.39. The van der Waals surface area contributed by atoms with Crippen molar-refractivity contribution in [3.8, 4) is 0 Å². The highest BCUT2D eigenvalue weighted by atomic mass is 16.5. The number of aromatic nitrogens is 1. The molecule has 0 N–H and O–H groups in total. The first-order chi connectivity index (χ1) is 13.6. The molecule has 0 aliphatic carbocycles. The molecule has 4 nitrogen and oxygen atoms in total. The van der Waals surface area contributed by atoms with E-state index >= 15 is 0 Å². The summed E-state index contributed by atoms with van der Waals surface area (Å²) in [6.45, 7) is 11.3. The summed E-state index contributed by atoms with van der Waals surface area (Å²) in [6.07, 6.45) is 3.44. The topological polar surface area (TPSA) is 28.6 Å². The molecule has 0 atom stereocenters. The van der Waals surface area contributed by atoms with Crippen LogP contribution in [0, 0.1) is 5.41 Å². The van der Waals surface area contributed by atoms with Crippen molar-refractivity contribution in [1.82, 2.24) is 9.88 Å². The Hall–Kier alpha value is -2.17. The van der Waals surface area contributed by atoms with Crippen molar-refractivity contribution in [3.63, 3.8) is 0 Å². The zero-order valence-electron chi connectivity index (χ0n) is 17.1. The van der Waals surface area contributed by atoms with Gasteiger partial charge in [0.1, 0.15) is 5.82 Å². The lowest BCUT2D eigenvalue weighted by Crippen LogP contribution is -2.40. The van der Waals surface area contributed by atoms with Gasteiger partial charge in [-0.3, -0.25) is 4.90 Å². The van der Waals surface area contributed by atoms with Gasteiger partial charge in [-0.25, -0.2) is 4.98 Å². The number of anilines is 1. The summed E-state index contributed by atoms with van der Waals surface area (Å²) in [5.74, 6) is 1.06. The molecule has 2 aromatic rings. The van der Waals surface area contributed by atoms with E-state index in [1.807, 2.05) is 0 Å². The average molecular weight is 378 g/mol. The summed E-state index contributed by atoms with van der Waals surface area (Å²) >= 11 is 0. The molecule has 0 amide bonds. The highest BCUT2D eigenvalue weighted by molar-refractivity contribution is 5.53. The van der Waals surface area contributed by atoms with Crippen LogP contribution >= 0.6 is 0 Å². The highest BCUT2D eigenvalue weighted by Crippen LogP contribution is 2.33. The maximum Gasteiger partial charge on any atom is 0.129 e. The van der Waals surface area contributed by atoms with Crippen LogP contribution < -0.4 is 4.90 Å². The van der Waals surface area contributed by atoms with Crippen LogP contribution in [-0.4, -0.2) is 49.3 Å². The van der Waals surface area contributed by atoms with E-state index in [9.17, 15) is 0 Å². The highest BCUT2D eigenvalue weighted by Gasteiger charge is 2.29. The second-order valence-electron chi connectivity index (χ2n) is 8.79. The van der Waals surface area contributed by atoms with Crippen molar-refractivity contribution in [2.75, 3.05) is 44.3 Å². The third-order valence-electron chi connectivity index (χ3n) is 5.48. The van der Waals surface area contributed by atoms with Crippen molar-refractivity contribution in [2.24, 2.45) is 5.41 Å². The molecule has 0 bridgehead atoms. The lowest BCUT2D eigenvalue weighted by molar-refractivity contribution is 0.122. The minimum atomic E-state index is 0.278. The number of hydrogen-bond donors (Lipinski definition) is 0. The SMILES string of the molecule is CC1(C)CC(=Cc2cccc(N3CCOCC3)n2)CN(Cc2ccccc2)C1. The van der Waals surface area contributed by atoms with Crippen LogP contribution in [0.1, 0.15) is 31.5 Å². The maximum absolute atomic E-state index is 5.47. The van der Waals surface area contributed by atoms with E-state index in [0.29, 0.717) is 0 Å². The summed E-state index contributed by atoms with van der Waals surface area (Å²) in [7, 11) is 0. The molecule has 3 heterocycles. The maximum atomic E-state index is 5.47. The smallest absolute Gasteiger partial charge is 0.129 e. The molecule has 0 spiro atoms. The van der Waals surface area contributed by atoms with Gasteiger partial charge >= 0.3 is 0 Å². The van der Waals surface area contributed by atoms with Gasteiger partial charge in [0.15, 0.2) is 0 Å². The van der Waals surface area contributed by atoms with Gasteiger partial charge in [-0.05, 0) is 35.6 Å². The fourth-order valence-electron chi connectivity index (χ4n) is 4.42. The van der Waals surface area contributed by atoms with Crippen molar-refractivity contribution in [1.29, 1.82) is 0 Å². The molecule has 4 rings (SSSR count). The summed E-state index contributed by atoms with van der Waals surface area (Å²) < 4.78 is 5.47. The Labute approximate surface area is 168 Å². The van der Waals surface area contributed by atoms with Crippen LogP contribution in [0.2, 0.25) is 0 Å². The van der Waals surface area contributed by atoms with E-state index in [2.05, 4.69) is 78.3 Å². The third-order valence-corrected chi connectivity index (χ3v) is 5.48. The van der Waals surface area contributed by atoms with Gasteiger partial charge in [0.05, 0.1) is 18.9 Å². The number of piperidine rings is 1. The number of hydrogen-bond acceptors (Lipinski definition) is 4. The van der Waals surface area contributed by atoms with E-state index in [1.54, 1.807) is 0 Å². The van der Waals surface area contributed by atoms with Gasteiger partial charge < -0.3 is 9.64 Å². The molecule has 0 saturated carbocycles. The average Bonchev–Trinajstić information content (AvgIpc) is 2.68. The third kappa shape index (κ3) is 5.00. The van der Waals surface area contributed by atoms with E-state index in [-0.39, 0.29) is 5.41 Å². The molecule has 28 heavy (non-hydrogen) atoms. The van der Waals surface area contributed by atoms with Gasteiger partial charge in [-0.1, -0.05) is 55.8 Å². The minimum absolute atomic E-state index is 0.278. The largest absolute Gasteiger partial charge is 0.378 e. The number of benzene rings is 1. The number of morpholine rings is 1. The molecule has 2 aliphatic rings. The standard InChI is InChI=1S/C24H31N3O/c1-24(2)16-21(18-26(19-24)17-20-7-4-3-5-8-20)15-22-9-6-10-23(25-22)27-11-13-28-14-12-27/h3-10,15H,11-14,16-19H2,1-2H3. The Bertz CT molecular complexity index is 810. The number of nitrogens with zero attached hydrogens (tertiary/aromatic N) is 3. The van der Waals surface area contributed by atoms with Crippen LogP contribution in [0.15, 0.2) is 54.1 Å². The summed E-state index contributed by atoms with van der Waals surface area (Å²) in [4.78, 5) is 9.81. The molecule has 2 saturated heterocycles. The van der Waals surface area contributed by atoms with E-state index in [4.69, 9.17) is 9.72 Å². The summed E-state index contributed by atoms with van der Waals surface area (Å²) in [5.41, 5.74) is 4.20. The van der Waals surface area contributed by atoms with Crippen LogP contribution in [0.3, 0.4) is 0 Å². The Kier molecular flexibility index (Phi) is 5.79. The zero-order chi connectivity index (χ0) is 19.4. The Balaban J connectivity index is 1.51. The lowest BCUT2D eigenvalue weighted by atomic mass is 9.81. The molecule has 2 fully saturated rings. The van der Waals surface area contributed by atoms with Gasteiger partial charge in [0.25, 0.3) is 0 Å². The molecular formula is C24H31N3O. The van der Waals surface area contributed by atoms with Gasteiger partial charge in [-0.2, -0.15) is 0 Å². The molecule has 0 radical (unpaired) electrons. The second kappa shape index (κ2) is 8.46. The predicted molar refractivity (Wildman–Crippen MR) is 115 cm³/mol. The van der Waals surface area contributed by atoms with Gasteiger partial charge in [0, 0.05) is 32.7 Å². The van der Waals surface area contributed by atoms with Crippen LogP contribution in [0.25, 0.3) is 6.08 Å². The number of pyridine rings is 1. The first kappa shape index (κ1) is 19.2. The molecule has 148 valence electrons. The normalized spacial score (nSPS) is 21.8. The van der Waals surface area contributed by atoms with E-state index in [0.717, 1.165) is 63.9 Å². The van der Waals surface area contributed by atoms with Crippen molar-refractivity contribution < 1.29 is 4.74 Å². The molecule has 2 aliphatic heterocycles. The van der Waals surface area contributed by atoms with E-state index < -0.39 is 0 Å². The van der Waals surface area contributed by atoms with Gasteiger partial charge in [-0.15, -0.1) is 0 Å². The minimum Gasteiger partial charge on any atom is -0.378 e. The number of ether oxygens (including phenoxy) is 1. The van der Waals surface area contributed by atoms with Crippen LogP contribution in [-0.2, 0) is 11.3 Å². The molecule has 1 aromatic carbocycles. The fourth-order valence-corrected chi connectivity index (χ4v) is 4.42. The molecule has 1 aromatic heterocycles. The quantitative estimate of drug-likeness (QED) is 0.797. The zero-order valence-corrected chi connectivity index (χ0v) is 17.1. The Morgan fingerprint density at radius 2 is 1.82 bits per heavy atom. The van der Waals surface area contributed by atoms with Crippen molar-refractivity contribution in [3.05, 3.63) is 65.4 Å². The van der Waals surface area contributed by atoms with Crippen LogP contribution in [0.4, 0.5) is 5.82 Å². The van der Waals surface area contributed by atoms with Crippen LogP contribution in [0.5, 0.6) is 0 Å². The summed E-state index contributed by atoms with van der Waals surface area (Å²) in [5, 5.41) is 0. The predicted octanol–water partition coefficient (Wildman–Crippen LogP) is 4.23. The van der Waals surface area contributed by atoms with Crippen molar-refractivity contribution in [2.45, 2.75) is 26.8 Å². The molecule has 4 heteroatoms. The summed E-state index contributed by atoms with van der Waals surface area (Å²) in [6, 6.07) is 17.1. The van der Waals surface area contributed by atoms with Crippen molar-refractivity contribution >= 4 is 11.9 Å². The second-order valence-corrected chi connectivity index (χ2v) is 8.79. The van der Waals surface area contributed by atoms with Gasteiger partial charge in [0.2, 0.25) is 0 Å². The first-order valence-electron chi connectivity index (χ1n) is 10.3. The monoisotopic (exact) mass is 377 g/mol. The Morgan fingerprint density at radius 3 is 2.61 bits per heavy atom. The number of likely N-dealkylation sites (tertiary alicyclic amines) is 1. The Morgan fingerprint density at radius 1 is 1.04 bits per heavy atom.